The van der Waals surface area contributed by atoms with Gasteiger partial charge in [0, 0.05) is 34.4 Å². The maximum atomic E-state index is 12.4. The summed E-state index contributed by atoms with van der Waals surface area (Å²) in [5.74, 6) is -0.524. The second-order valence-electron chi connectivity index (χ2n) is 6.07. The van der Waals surface area contributed by atoms with Gasteiger partial charge in [-0.2, -0.15) is 0 Å². The van der Waals surface area contributed by atoms with E-state index in [0.717, 1.165) is 22.9 Å². The Bertz CT molecular complexity index is 788. The highest BCUT2D eigenvalue weighted by atomic mass is 32.1. The molecule has 0 saturated carbocycles. The summed E-state index contributed by atoms with van der Waals surface area (Å²) in [6, 6.07) is 4.59. The number of pyridine rings is 1. The molecule has 2 saturated heterocycles. The van der Waals surface area contributed by atoms with E-state index in [1.54, 1.807) is 18.3 Å². The molecule has 0 radical (unpaired) electrons. The predicted molar refractivity (Wildman–Crippen MR) is 86.8 cm³/mol. The number of nitrogens with one attached hydrogen (secondary N) is 2. The van der Waals surface area contributed by atoms with Gasteiger partial charge in [0.15, 0.2) is 0 Å². The molecule has 7 heteroatoms. The van der Waals surface area contributed by atoms with E-state index in [1.165, 1.54) is 24.9 Å². The quantitative estimate of drug-likeness (QED) is 0.837. The van der Waals surface area contributed by atoms with Crippen molar-refractivity contribution in [3.63, 3.8) is 0 Å². The van der Waals surface area contributed by atoms with Gasteiger partial charge in [0.05, 0.1) is 7.11 Å². The third-order valence-corrected chi connectivity index (χ3v) is 5.72. The van der Waals surface area contributed by atoms with Crippen molar-refractivity contribution < 1.29 is 14.3 Å². The van der Waals surface area contributed by atoms with Gasteiger partial charge in [-0.3, -0.25) is 9.78 Å². The highest BCUT2D eigenvalue weighted by Crippen LogP contribution is 2.29. The van der Waals surface area contributed by atoms with E-state index in [4.69, 9.17) is 4.74 Å². The molecular weight excluding hydrogens is 314 g/mol. The second kappa shape index (κ2) is 5.58. The lowest BCUT2D eigenvalue weighted by molar-refractivity contribution is 0.0606. The molecule has 120 valence electrons. The van der Waals surface area contributed by atoms with E-state index >= 15 is 0 Å². The van der Waals surface area contributed by atoms with E-state index < -0.39 is 0 Å². The van der Waals surface area contributed by atoms with E-state index in [-0.39, 0.29) is 17.9 Å². The normalized spacial score (nSPS) is 25.7. The first kappa shape index (κ1) is 14.6. The molecule has 2 N–H and O–H groups in total. The van der Waals surface area contributed by atoms with Gasteiger partial charge in [-0.25, -0.2) is 4.79 Å². The van der Waals surface area contributed by atoms with E-state index in [2.05, 4.69) is 15.6 Å². The number of carbonyl (C=O) groups is 2. The number of esters is 1. The fraction of sp³-hybridized carbons (Fsp3) is 0.438. The Morgan fingerprint density at radius 1 is 1.39 bits per heavy atom. The summed E-state index contributed by atoms with van der Waals surface area (Å²) in [5, 5.41) is 7.42. The number of amides is 1. The third kappa shape index (κ3) is 2.60. The van der Waals surface area contributed by atoms with Crippen molar-refractivity contribution in [2.45, 2.75) is 37.4 Å². The zero-order valence-electron chi connectivity index (χ0n) is 12.7. The third-order valence-electron chi connectivity index (χ3n) is 4.64. The molecule has 2 bridgehead atoms. The zero-order valence-corrected chi connectivity index (χ0v) is 13.5. The van der Waals surface area contributed by atoms with Crippen molar-refractivity contribution in [3.05, 3.63) is 28.9 Å². The van der Waals surface area contributed by atoms with Crippen molar-refractivity contribution in [2.24, 2.45) is 0 Å². The van der Waals surface area contributed by atoms with Gasteiger partial charge in [-0.05, 0) is 31.4 Å². The topological polar surface area (TPSA) is 80.3 Å². The molecule has 0 aromatic carbocycles. The van der Waals surface area contributed by atoms with Crippen LogP contribution in [0.1, 0.15) is 39.4 Å². The Balaban J connectivity index is 1.54. The van der Waals surface area contributed by atoms with Crippen LogP contribution in [0.25, 0.3) is 10.1 Å². The standard InChI is InChI=1S/C16H17N3O3S/c1-22-16(21)14-4-8-7-17-12(6-13(8)23-14)15(20)19-11-5-9-2-3-10(11)18-9/h4,6-7,9-11,18H,2-3,5H2,1H3,(H,19,20)/t9-,10+,11-/m1/s1. The number of carbonyl (C=O) groups excluding carboxylic acids is 2. The molecule has 0 unspecified atom stereocenters. The van der Waals surface area contributed by atoms with Gasteiger partial charge in [-0.1, -0.05) is 0 Å². The van der Waals surface area contributed by atoms with Crippen LogP contribution in [-0.2, 0) is 4.74 Å². The number of rotatable bonds is 3. The molecule has 2 aliphatic rings. The Morgan fingerprint density at radius 3 is 2.96 bits per heavy atom. The van der Waals surface area contributed by atoms with E-state index in [0.29, 0.717) is 22.7 Å². The summed E-state index contributed by atoms with van der Waals surface area (Å²) in [7, 11) is 1.35. The molecule has 2 fully saturated rings. The number of hydrogen-bond donors (Lipinski definition) is 2. The number of fused-ring (bicyclic) bond motifs is 3. The monoisotopic (exact) mass is 331 g/mol. The molecule has 6 nitrogen and oxygen atoms in total. The average Bonchev–Trinajstić information content (AvgIpc) is 3.27. The number of hydrogen-bond acceptors (Lipinski definition) is 6. The van der Waals surface area contributed by atoms with E-state index in [1.807, 2.05) is 0 Å². The number of ether oxygens (including phenoxy) is 1. The number of nitrogens with zero attached hydrogens (tertiary/aromatic N) is 1. The Labute approximate surface area is 137 Å². The van der Waals surface area contributed by atoms with Crippen molar-refractivity contribution in [2.75, 3.05) is 7.11 Å². The zero-order chi connectivity index (χ0) is 16.0. The molecular formula is C16H17N3O3S. The van der Waals surface area contributed by atoms with Crippen LogP contribution in [0.2, 0.25) is 0 Å². The highest BCUT2D eigenvalue weighted by Gasteiger charge is 2.39. The molecule has 2 aromatic rings. The summed E-state index contributed by atoms with van der Waals surface area (Å²) in [6.07, 6.45) is 4.94. The van der Waals surface area contributed by atoms with Crippen molar-refractivity contribution >= 4 is 33.3 Å². The average molecular weight is 331 g/mol. The van der Waals surface area contributed by atoms with Crippen LogP contribution in [0.3, 0.4) is 0 Å². The second-order valence-corrected chi connectivity index (χ2v) is 7.16. The van der Waals surface area contributed by atoms with Crippen LogP contribution in [0, 0.1) is 0 Å². The summed E-state index contributed by atoms with van der Waals surface area (Å²) >= 11 is 1.31. The van der Waals surface area contributed by atoms with Crippen molar-refractivity contribution in [1.29, 1.82) is 0 Å². The SMILES string of the molecule is COC(=O)c1cc2cnc(C(=O)N[C@@H]3C[C@H]4CC[C@@H]3N4)cc2s1. The summed E-state index contributed by atoms with van der Waals surface area (Å²) < 4.78 is 5.58. The first-order valence-electron chi connectivity index (χ1n) is 7.69. The lowest BCUT2D eigenvalue weighted by Crippen LogP contribution is -2.43. The Morgan fingerprint density at radius 2 is 2.26 bits per heavy atom. The minimum absolute atomic E-state index is 0.153. The first-order chi connectivity index (χ1) is 11.1. The Hall–Kier alpha value is -1.99. The molecule has 2 aliphatic heterocycles. The van der Waals surface area contributed by atoms with Gasteiger partial charge < -0.3 is 15.4 Å². The molecule has 0 spiro atoms. The summed E-state index contributed by atoms with van der Waals surface area (Å²) in [6.45, 7) is 0. The summed E-state index contributed by atoms with van der Waals surface area (Å²) in [4.78, 5) is 28.8. The van der Waals surface area contributed by atoms with Crippen LogP contribution in [-0.4, -0.2) is 42.1 Å². The molecule has 23 heavy (non-hydrogen) atoms. The molecule has 4 heterocycles. The number of methoxy groups -OCH3 is 1. The molecule has 1 amide bonds. The first-order valence-corrected chi connectivity index (χ1v) is 8.50. The van der Waals surface area contributed by atoms with Crippen LogP contribution in [0.4, 0.5) is 0 Å². The van der Waals surface area contributed by atoms with Crippen LogP contribution < -0.4 is 10.6 Å². The molecule has 2 aromatic heterocycles. The number of aromatic nitrogens is 1. The highest BCUT2D eigenvalue weighted by molar-refractivity contribution is 7.20. The van der Waals surface area contributed by atoms with Crippen molar-refractivity contribution in [1.82, 2.24) is 15.6 Å². The fourth-order valence-electron chi connectivity index (χ4n) is 3.48. The van der Waals surface area contributed by atoms with Gasteiger partial charge >= 0.3 is 5.97 Å². The molecule has 3 atom stereocenters. The minimum atomic E-state index is -0.370. The van der Waals surface area contributed by atoms with Gasteiger partial charge in [-0.15, -0.1) is 11.3 Å². The largest absolute Gasteiger partial charge is 0.465 e. The van der Waals surface area contributed by atoms with E-state index in [9.17, 15) is 9.59 Å². The van der Waals surface area contributed by atoms with Crippen LogP contribution >= 0.6 is 11.3 Å². The number of thiophene rings is 1. The minimum Gasteiger partial charge on any atom is -0.465 e. The summed E-state index contributed by atoms with van der Waals surface area (Å²) in [5.41, 5.74) is 0.388. The fourth-order valence-corrected chi connectivity index (χ4v) is 4.47. The lowest BCUT2D eigenvalue weighted by Gasteiger charge is -2.21. The van der Waals surface area contributed by atoms with Crippen molar-refractivity contribution in [3.8, 4) is 0 Å². The van der Waals surface area contributed by atoms with Gasteiger partial charge in [0.2, 0.25) is 0 Å². The molecule has 4 rings (SSSR count). The van der Waals surface area contributed by atoms with Gasteiger partial charge in [0.25, 0.3) is 5.91 Å². The van der Waals surface area contributed by atoms with Crippen LogP contribution in [0.5, 0.6) is 0 Å². The molecule has 0 aliphatic carbocycles. The van der Waals surface area contributed by atoms with Crippen LogP contribution in [0.15, 0.2) is 18.3 Å². The van der Waals surface area contributed by atoms with Gasteiger partial charge in [0.1, 0.15) is 10.6 Å². The smallest absolute Gasteiger partial charge is 0.348 e. The Kier molecular flexibility index (Phi) is 3.54. The maximum absolute atomic E-state index is 12.4. The maximum Gasteiger partial charge on any atom is 0.348 e. The predicted octanol–water partition coefficient (Wildman–Crippen LogP) is 1.71. The lowest BCUT2D eigenvalue weighted by atomic mass is 9.95.